The van der Waals surface area contributed by atoms with Crippen LogP contribution in [-0.4, -0.2) is 34.0 Å². The van der Waals surface area contributed by atoms with Crippen LogP contribution < -0.4 is 0 Å². The van der Waals surface area contributed by atoms with Gasteiger partial charge in [0, 0.05) is 36.8 Å². The summed E-state index contributed by atoms with van der Waals surface area (Å²) < 4.78 is 1.87. The fourth-order valence-corrected chi connectivity index (χ4v) is 2.82. The molecule has 21 heavy (non-hydrogen) atoms. The van der Waals surface area contributed by atoms with Gasteiger partial charge in [-0.05, 0) is 25.2 Å². The van der Waals surface area contributed by atoms with Crippen LogP contribution in [0.1, 0.15) is 18.9 Å². The molecule has 3 rings (SSSR count). The van der Waals surface area contributed by atoms with Gasteiger partial charge in [0.05, 0.1) is 18.4 Å². The van der Waals surface area contributed by atoms with E-state index in [1.807, 2.05) is 30.1 Å². The van der Waals surface area contributed by atoms with Gasteiger partial charge in [0.15, 0.2) is 0 Å². The molecule has 4 heteroatoms. The van der Waals surface area contributed by atoms with Gasteiger partial charge in [-0.25, -0.2) is 0 Å². The van der Waals surface area contributed by atoms with Crippen molar-refractivity contribution in [1.82, 2.24) is 14.7 Å². The Balaban J connectivity index is 1.57. The normalized spacial score (nSPS) is 24.4. The summed E-state index contributed by atoms with van der Waals surface area (Å²) in [6, 6.07) is 0. The van der Waals surface area contributed by atoms with Crippen LogP contribution in [0.15, 0.2) is 48.0 Å². The van der Waals surface area contributed by atoms with Crippen LogP contribution in [0.2, 0.25) is 0 Å². The third-order valence-electron chi connectivity index (χ3n) is 4.31. The number of hydrogen-bond donors (Lipinski definition) is 0. The summed E-state index contributed by atoms with van der Waals surface area (Å²) in [6.45, 7) is 12.9. The second-order valence-electron chi connectivity index (χ2n) is 5.87. The van der Waals surface area contributed by atoms with Crippen molar-refractivity contribution in [2.45, 2.75) is 19.9 Å². The zero-order chi connectivity index (χ0) is 14.8. The van der Waals surface area contributed by atoms with E-state index in [4.69, 9.17) is 0 Å². The molecule has 0 amide bonds. The van der Waals surface area contributed by atoms with Crippen LogP contribution >= 0.6 is 0 Å². The number of fused-ring (bicyclic) bond motifs is 1. The molecule has 0 bridgehead atoms. The van der Waals surface area contributed by atoms with E-state index in [1.54, 1.807) is 12.3 Å². The standard InChI is InChI=1S/C17H22N4/c1-4-14-8-19-21(9-14)12-17(5-2)18-7-13(3)20-10-15-6-16(15)11-20/h4-5,7-9,15-16H,1,3,6,10-12H2,2H3/b17-5-,18-7?. The number of hydrogen-bond acceptors (Lipinski definition) is 3. The second kappa shape index (κ2) is 5.72. The zero-order valence-electron chi connectivity index (χ0n) is 12.6. The average molecular weight is 282 g/mol. The van der Waals surface area contributed by atoms with Crippen molar-refractivity contribution < 1.29 is 0 Å². The van der Waals surface area contributed by atoms with Gasteiger partial charge in [-0.15, -0.1) is 0 Å². The van der Waals surface area contributed by atoms with E-state index in [-0.39, 0.29) is 0 Å². The highest BCUT2D eigenvalue weighted by Crippen LogP contribution is 2.45. The number of piperidine rings is 1. The molecule has 110 valence electrons. The van der Waals surface area contributed by atoms with Gasteiger partial charge in [0.2, 0.25) is 0 Å². The molecule has 1 saturated heterocycles. The highest BCUT2D eigenvalue weighted by Gasteiger charge is 2.45. The molecular weight excluding hydrogens is 260 g/mol. The van der Waals surface area contributed by atoms with Crippen molar-refractivity contribution in [2.75, 3.05) is 13.1 Å². The van der Waals surface area contributed by atoms with Gasteiger partial charge in [-0.2, -0.15) is 5.10 Å². The first-order valence-electron chi connectivity index (χ1n) is 7.47. The van der Waals surface area contributed by atoms with Crippen molar-refractivity contribution in [2.24, 2.45) is 16.8 Å². The van der Waals surface area contributed by atoms with E-state index < -0.39 is 0 Å². The highest BCUT2D eigenvalue weighted by molar-refractivity contribution is 5.77. The highest BCUT2D eigenvalue weighted by atomic mass is 15.3. The third kappa shape index (κ3) is 3.15. The topological polar surface area (TPSA) is 33.4 Å². The molecule has 1 aliphatic heterocycles. The number of rotatable bonds is 6. The zero-order valence-corrected chi connectivity index (χ0v) is 12.6. The van der Waals surface area contributed by atoms with Crippen LogP contribution in [0.5, 0.6) is 0 Å². The molecule has 1 aromatic rings. The lowest BCUT2D eigenvalue weighted by molar-refractivity contribution is 0.403. The predicted molar refractivity (Wildman–Crippen MR) is 86.9 cm³/mol. The Morgan fingerprint density at radius 1 is 1.48 bits per heavy atom. The number of likely N-dealkylation sites (tertiary alicyclic amines) is 1. The van der Waals surface area contributed by atoms with E-state index in [1.165, 1.54) is 6.42 Å². The molecule has 2 unspecified atom stereocenters. The summed E-state index contributed by atoms with van der Waals surface area (Å²) in [6.07, 6.45) is 10.9. The van der Waals surface area contributed by atoms with Gasteiger partial charge in [0.1, 0.15) is 0 Å². The number of aliphatic imine (C=N–C) groups is 1. The Kier molecular flexibility index (Phi) is 3.78. The van der Waals surface area contributed by atoms with Crippen LogP contribution in [0.4, 0.5) is 0 Å². The lowest BCUT2D eigenvalue weighted by atomic mass is 10.3. The number of nitrogens with zero attached hydrogens (tertiary/aromatic N) is 4. The maximum atomic E-state index is 4.57. The lowest BCUT2D eigenvalue weighted by Gasteiger charge is -2.19. The van der Waals surface area contributed by atoms with Gasteiger partial charge >= 0.3 is 0 Å². The van der Waals surface area contributed by atoms with Gasteiger partial charge in [-0.1, -0.05) is 25.3 Å². The summed E-state index contributed by atoms with van der Waals surface area (Å²) in [4.78, 5) is 6.91. The van der Waals surface area contributed by atoms with Gasteiger partial charge in [-0.3, -0.25) is 9.67 Å². The summed E-state index contributed by atoms with van der Waals surface area (Å²) in [5.41, 5.74) is 3.03. The molecule has 4 nitrogen and oxygen atoms in total. The van der Waals surface area contributed by atoms with Crippen molar-refractivity contribution in [3.8, 4) is 0 Å². The molecule has 0 spiro atoms. The summed E-state index contributed by atoms with van der Waals surface area (Å²) >= 11 is 0. The summed E-state index contributed by atoms with van der Waals surface area (Å²) in [5, 5.41) is 4.29. The first-order chi connectivity index (χ1) is 10.2. The Bertz CT molecular complexity index is 598. The quantitative estimate of drug-likeness (QED) is 0.752. The minimum absolute atomic E-state index is 0.666. The monoisotopic (exact) mass is 282 g/mol. The largest absolute Gasteiger partial charge is 0.370 e. The summed E-state index contributed by atoms with van der Waals surface area (Å²) in [7, 11) is 0. The molecule has 2 heterocycles. The molecule has 2 fully saturated rings. The predicted octanol–water partition coefficient (Wildman–Crippen LogP) is 2.97. The Morgan fingerprint density at radius 2 is 2.24 bits per heavy atom. The Morgan fingerprint density at radius 3 is 2.86 bits per heavy atom. The lowest BCUT2D eigenvalue weighted by Crippen LogP contribution is -2.22. The fraction of sp³-hybridized carbons (Fsp3) is 0.412. The molecular formula is C17H22N4. The SMILES string of the molecule is C=Cc1cnn(C/C(=C/C)N=CC(=C)N2CC3CC3C2)c1. The Hall–Kier alpha value is -2.10. The number of allylic oxidation sites excluding steroid dienone is 3. The van der Waals surface area contributed by atoms with Crippen LogP contribution in [0.25, 0.3) is 6.08 Å². The van der Waals surface area contributed by atoms with Crippen molar-refractivity contribution in [3.05, 3.63) is 48.6 Å². The minimum atomic E-state index is 0.666. The van der Waals surface area contributed by atoms with E-state index in [2.05, 4.69) is 28.1 Å². The molecule has 2 aliphatic rings. The maximum Gasteiger partial charge on any atom is 0.0828 e. The molecule has 1 aromatic heterocycles. The van der Waals surface area contributed by atoms with Crippen molar-refractivity contribution >= 4 is 12.3 Å². The molecule has 1 saturated carbocycles. The minimum Gasteiger partial charge on any atom is -0.370 e. The van der Waals surface area contributed by atoms with E-state index in [0.29, 0.717) is 6.54 Å². The van der Waals surface area contributed by atoms with Crippen LogP contribution in [0.3, 0.4) is 0 Å². The van der Waals surface area contributed by atoms with Crippen molar-refractivity contribution in [1.29, 1.82) is 0 Å². The molecule has 1 aliphatic carbocycles. The maximum absolute atomic E-state index is 4.57. The fourth-order valence-electron chi connectivity index (χ4n) is 2.82. The van der Waals surface area contributed by atoms with Gasteiger partial charge < -0.3 is 4.90 Å². The second-order valence-corrected chi connectivity index (χ2v) is 5.87. The van der Waals surface area contributed by atoms with E-state index in [9.17, 15) is 0 Å². The smallest absolute Gasteiger partial charge is 0.0828 e. The van der Waals surface area contributed by atoms with Crippen LogP contribution in [-0.2, 0) is 6.54 Å². The first kappa shape index (κ1) is 13.9. The van der Waals surface area contributed by atoms with E-state index in [0.717, 1.165) is 41.9 Å². The van der Waals surface area contributed by atoms with Crippen molar-refractivity contribution in [3.63, 3.8) is 0 Å². The van der Waals surface area contributed by atoms with E-state index >= 15 is 0 Å². The summed E-state index contributed by atoms with van der Waals surface area (Å²) in [5.74, 6) is 1.83. The molecule has 2 atom stereocenters. The number of aromatic nitrogens is 2. The van der Waals surface area contributed by atoms with Crippen LogP contribution in [0, 0.1) is 11.8 Å². The Labute approximate surface area is 126 Å². The average Bonchev–Trinajstić information content (AvgIpc) is 2.92. The molecule has 0 N–H and O–H groups in total. The van der Waals surface area contributed by atoms with Gasteiger partial charge in [0.25, 0.3) is 0 Å². The third-order valence-corrected chi connectivity index (χ3v) is 4.31. The first-order valence-corrected chi connectivity index (χ1v) is 7.47. The molecule has 0 radical (unpaired) electrons. The molecule has 0 aromatic carbocycles.